The normalized spacial score (nSPS) is 17.0. The largest absolute Gasteiger partial charge is 0.463 e. The van der Waals surface area contributed by atoms with Gasteiger partial charge in [0.25, 0.3) is 11.8 Å². The molecule has 1 atom stereocenters. The maximum absolute atomic E-state index is 12.7. The minimum Gasteiger partial charge on any atom is -0.463 e. The van der Waals surface area contributed by atoms with Crippen LogP contribution in [0.4, 0.5) is 4.79 Å². The summed E-state index contributed by atoms with van der Waals surface area (Å²) in [7, 11) is 0. The molecule has 10 heteroatoms. The molecule has 0 aliphatic carbocycles. The molecule has 2 heterocycles. The Bertz CT molecular complexity index is 1190. The van der Waals surface area contributed by atoms with Gasteiger partial charge in [0.15, 0.2) is 0 Å². The highest BCUT2D eigenvalue weighted by Gasteiger charge is 2.36. The Morgan fingerprint density at radius 2 is 1.54 bits per heavy atom. The molecule has 4 amide bonds. The van der Waals surface area contributed by atoms with E-state index in [9.17, 15) is 24.0 Å². The van der Waals surface area contributed by atoms with Crippen molar-refractivity contribution in [2.45, 2.75) is 19.4 Å². The molecule has 0 unspecified atom stereocenters. The number of rotatable bonds is 8. The van der Waals surface area contributed by atoms with Gasteiger partial charge in [-0.05, 0) is 24.6 Å². The summed E-state index contributed by atoms with van der Waals surface area (Å²) in [5.74, 6) is -2.31. The first-order chi connectivity index (χ1) is 16.9. The van der Waals surface area contributed by atoms with Gasteiger partial charge in [0.05, 0.1) is 41.5 Å². The number of carbonyl (C=O) groups excluding carboxylic acids is 5. The number of benzene rings is 2. The van der Waals surface area contributed by atoms with E-state index in [1.54, 1.807) is 61.5 Å². The molecule has 4 rings (SSSR count). The number of urea groups is 1. The van der Waals surface area contributed by atoms with Crippen molar-refractivity contribution in [2.75, 3.05) is 19.8 Å². The maximum atomic E-state index is 12.7. The van der Waals surface area contributed by atoms with Crippen LogP contribution in [0.1, 0.15) is 45.7 Å². The van der Waals surface area contributed by atoms with Crippen molar-refractivity contribution < 1.29 is 33.4 Å². The van der Waals surface area contributed by atoms with Crippen molar-refractivity contribution in [3.05, 3.63) is 82.6 Å². The lowest BCUT2D eigenvalue weighted by Gasteiger charge is -2.29. The van der Waals surface area contributed by atoms with E-state index in [0.717, 1.165) is 4.90 Å². The van der Waals surface area contributed by atoms with E-state index in [1.807, 2.05) is 0 Å². The summed E-state index contributed by atoms with van der Waals surface area (Å²) in [5, 5.41) is 5.21. The average molecular weight is 477 g/mol. The van der Waals surface area contributed by atoms with Crippen LogP contribution in [-0.2, 0) is 19.1 Å². The first-order valence-electron chi connectivity index (χ1n) is 11.0. The fourth-order valence-corrected chi connectivity index (χ4v) is 3.95. The molecule has 10 nitrogen and oxygen atoms in total. The molecule has 0 fully saturated rings. The second-order valence-electron chi connectivity index (χ2n) is 7.77. The number of hydrogen-bond donors (Lipinski definition) is 2. The number of imide groups is 1. The first kappa shape index (κ1) is 23.7. The quantitative estimate of drug-likeness (QED) is 0.440. The third kappa shape index (κ3) is 4.91. The first-order valence-corrected chi connectivity index (χ1v) is 11.0. The van der Waals surface area contributed by atoms with E-state index in [0.29, 0.717) is 16.7 Å². The maximum Gasteiger partial charge on any atom is 0.338 e. The van der Waals surface area contributed by atoms with Gasteiger partial charge in [0.2, 0.25) is 0 Å². The predicted octanol–water partition coefficient (Wildman–Crippen LogP) is 2.09. The van der Waals surface area contributed by atoms with Crippen LogP contribution >= 0.6 is 0 Å². The highest BCUT2D eigenvalue weighted by Crippen LogP contribution is 2.28. The SMILES string of the molecule is CCOC(=O)C1=C(COC(=O)CCN2C(=O)c3ccccc3C2=O)NC(=O)N[C@@H]1c1ccccc1. The van der Waals surface area contributed by atoms with E-state index in [2.05, 4.69) is 10.6 Å². The van der Waals surface area contributed by atoms with Crippen LogP contribution in [-0.4, -0.2) is 54.4 Å². The number of hydrogen-bond acceptors (Lipinski definition) is 7. The summed E-state index contributed by atoms with van der Waals surface area (Å²) in [6.07, 6.45) is -0.248. The molecular formula is C25H23N3O7. The lowest BCUT2D eigenvalue weighted by atomic mass is 9.95. The molecule has 0 saturated carbocycles. The summed E-state index contributed by atoms with van der Waals surface area (Å²) < 4.78 is 10.4. The van der Waals surface area contributed by atoms with E-state index >= 15 is 0 Å². The van der Waals surface area contributed by atoms with E-state index < -0.39 is 42.4 Å². The lowest BCUT2D eigenvalue weighted by Crippen LogP contribution is -2.47. The van der Waals surface area contributed by atoms with Crippen LogP contribution in [0.15, 0.2) is 65.9 Å². The average Bonchev–Trinajstić information content (AvgIpc) is 3.11. The van der Waals surface area contributed by atoms with Crippen LogP contribution in [0.5, 0.6) is 0 Å². The highest BCUT2D eigenvalue weighted by atomic mass is 16.5. The molecule has 0 radical (unpaired) electrons. The fraction of sp³-hybridized carbons (Fsp3) is 0.240. The Morgan fingerprint density at radius 3 is 2.17 bits per heavy atom. The van der Waals surface area contributed by atoms with Crippen molar-refractivity contribution in [2.24, 2.45) is 0 Å². The van der Waals surface area contributed by atoms with E-state index in [-0.39, 0.29) is 30.8 Å². The molecule has 0 spiro atoms. The minimum absolute atomic E-state index is 0.0927. The molecule has 2 aliphatic rings. The molecule has 35 heavy (non-hydrogen) atoms. The summed E-state index contributed by atoms with van der Waals surface area (Å²) in [6, 6.07) is 13.9. The van der Waals surface area contributed by atoms with Crippen LogP contribution in [0, 0.1) is 0 Å². The summed E-state index contributed by atoms with van der Waals surface area (Å²) in [4.78, 5) is 63.3. The molecule has 0 bridgehead atoms. The van der Waals surface area contributed by atoms with Crippen molar-refractivity contribution in [3.63, 3.8) is 0 Å². The molecule has 2 N–H and O–H groups in total. The Morgan fingerprint density at radius 1 is 0.914 bits per heavy atom. The zero-order valence-electron chi connectivity index (χ0n) is 18.9. The second-order valence-corrected chi connectivity index (χ2v) is 7.77. The summed E-state index contributed by atoms with van der Waals surface area (Å²) in [6.45, 7) is 1.22. The van der Waals surface area contributed by atoms with Gasteiger partial charge in [-0.15, -0.1) is 0 Å². The van der Waals surface area contributed by atoms with Gasteiger partial charge in [-0.3, -0.25) is 19.3 Å². The molecule has 180 valence electrons. The third-order valence-electron chi connectivity index (χ3n) is 5.58. The smallest absolute Gasteiger partial charge is 0.338 e. The highest BCUT2D eigenvalue weighted by molar-refractivity contribution is 6.21. The van der Waals surface area contributed by atoms with Crippen LogP contribution < -0.4 is 10.6 Å². The number of ether oxygens (including phenoxy) is 2. The third-order valence-corrected chi connectivity index (χ3v) is 5.58. The Kier molecular flexibility index (Phi) is 6.91. The standard InChI is InChI=1S/C25H23N3O7/c1-2-34-24(32)20-18(26-25(33)27-21(20)15-8-4-3-5-9-15)14-35-19(29)12-13-28-22(30)16-10-6-7-11-17(16)23(28)31/h3-11,21H,2,12-14H2,1H3,(H2,26,27,33)/t21-/m1/s1. The topological polar surface area (TPSA) is 131 Å². The Balaban J connectivity index is 1.46. The fourth-order valence-electron chi connectivity index (χ4n) is 3.95. The Labute approximate surface area is 200 Å². The van der Waals surface area contributed by atoms with Gasteiger partial charge in [0.1, 0.15) is 6.61 Å². The Hall–Kier alpha value is -4.47. The number of carbonyl (C=O) groups is 5. The number of nitrogens with zero attached hydrogens (tertiary/aromatic N) is 1. The van der Waals surface area contributed by atoms with Gasteiger partial charge in [-0.1, -0.05) is 42.5 Å². The second kappa shape index (κ2) is 10.2. The zero-order chi connectivity index (χ0) is 24.9. The van der Waals surface area contributed by atoms with Gasteiger partial charge < -0.3 is 20.1 Å². The van der Waals surface area contributed by atoms with Crippen molar-refractivity contribution in [1.29, 1.82) is 0 Å². The molecular weight excluding hydrogens is 454 g/mol. The van der Waals surface area contributed by atoms with Crippen molar-refractivity contribution >= 4 is 29.8 Å². The molecule has 2 aromatic carbocycles. The van der Waals surface area contributed by atoms with E-state index in [4.69, 9.17) is 9.47 Å². The molecule has 0 saturated heterocycles. The molecule has 0 aromatic heterocycles. The summed E-state index contributed by atoms with van der Waals surface area (Å²) in [5.41, 5.74) is 1.44. The van der Waals surface area contributed by atoms with Crippen molar-refractivity contribution in [1.82, 2.24) is 15.5 Å². The number of amides is 4. The molecule has 2 aliphatic heterocycles. The lowest BCUT2D eigenvalue weighted by molar-refractivity contribution is -0.143. The minimum atomic E-state index is -0.795. The number of esters is 2. The monoisotopic (exact) mass is 477 g/mol. The van der Waals surface area contributed by atoms with Crippen molar-refractivity contribution in [3.8, 4) is 0 Å². The van der Waals surface area contributed by atoms with Gasteiger partial charge >= 0.3 is 18.0 Å². The van der Waals surface area contributed by atoms with Crippen LogP contribution in [0.3, 0.4) is 0 Å². The number of fused-ring (bicyclic) bond motifs is 1. The predicted molar refractivity (Wildman–Crippen MR) is 122 cm³/mol. The van der Waals surface area contributed by atoms with Gasteiger partial charge in [0, 0.05) is 6.54 Å². The van der Waals surface area contributed by atoms with E-state index in [1.165, 1.54) is 0 Å². The van der Waals surface area contributed by atoms with Gasteiger partial charge in [-0.2, -0.15) is 0 Å². The zero-order valence-corrected chi connectivity index (χ0v) is 18.9. The number of nitrogens with one attached hydrogen (secondary N) is 2. The summed E-state index contributed by atoms with van der Waals surface area (Å²) >= 11 is 0. The van der Waals surface area contributed by atoms with Crippen LogP contribution in [0.25, 0.3) is 0 Å². The van der Waals surface area contributed by atoms with Crippen LogP contribution in [0.2, 0.25) is 0 Å². The van der Waals surface area contributed by atoms with Gasteiger partial charge in [-0.25, -0.2) is 9.59 Å². The molecule has 2 aromatic rings.